The van der Waals surface area contributed by atoms with Crippen LogP contribution >= 0.6 is 0 Å². The first kappa shape index (κ1) is 8.95. The van der Waals surface area contributed by atoms with Crippen molar-refractivity contribution in [1.29, 1.82) is 0 Å². The molecule has 0 amide bonds. The molecule has 2 heterocycles. The van der Waals surface area contributed by atoms with Gasteiger partial charge in [-0.3, -0.25) is 4.79 Å². The van der Waals surface area contributed by atoms with E-state index < -0.39 is 5.97 Å². The van der Waals surface area contributed by atoms with Gasteiger partial charge in [-0.1, -0.05) is 0 Å². The lowest BCUT2D eigenvalue weighted by molar-refractivity contribution is -0.139. The number of nitrogens with zero attached hydrogens (tertiary/aromatic N) is 2. The van der Waals surface area contributed by atoms with Crippen LogP contribution in [0.4, 0.5) is 0 Å². The lowest BCUT2D eigenvalue weighted by Crippen LogP contribution is -2.21. The molecule has 4 heteroatoms. The van der Waals surface area contributed by atoms with Crippen molar-refractivity contribution in [3.63, 3.8) is 0 Å². The summed E-state index contributed by atoms with van der Waals surface area (Å²) in [6, 6.07) is 0. The fourth-order valence-corrected chi connectivity index (χ4v) is 2.31. The van der Waals surface area contributed by atoms with Crippen LogP contribution in [0.3, 0.4) is 0 Å². The van der Waals surface area contributed by atoms with Crippen molar-refractivity contribution >= 4 is 5.97 Å². The molecule has 1 saturated carbocycles. The Morgan fingerprint density at radius 3 is 2.93 bits per heavy atom. The number of fused-ring (bicyclic) bond motifs is 1. The van der Waals surface area contributed by atoms with Crippen LogP contribution < -0.4 is 0 Å². The van der Waals surface area contributed by atoms with Gasteiger partial charge in [-0.2, -0.15) is 0 Å². The summed E-state index contributed by atoms with van der Waals surface area (Å²) in [4.78, 5) is 15.6. The minimum absolute atomic E-state index is 0.383. The lowest BCUT2D eigenvalue weighted by Gasteiger charge is -2.19. The molecule has 2 aliphatic rings. The highest BCUT2D eigenvalue weighted by Gasteiger charge is 2.32. The van der Waals surface area contributed by atoms with E-state index in [0.717, 1.165) is 30.9 Å². The summed E-state index contributed by atoms with van der Waals surface area (Å²) < 4.78 is 2.04. The first-order valence-electron chi connectivity index (χ1n) is 5.55. The number of rotatable bonds is 2. The predicted octanol–water partition coefficient (Wildman–Crippen LogP) is 1.72. The average molecular weight is 206 g/mol. The molecule has 0 unspecified atom stereocenters. The van der Waals surface area contributed by atoms with E-state index in [-0.39, 0.29) is 5.92 Å². The molecule has 4 nitrogen and oxygen atoms in total. The summed E-state index contributed by atoms with van der Waals surface area (Å²) in [7, 11) is 0. The number of carboxylic acids is 1. The second kappa shape index (κ2) is 3.08. The first-order chi connectivity index (χ1) is 7.25. The molecule has 0 spiro atoms. The second-order valence-electron chi connectivity index (χ2n) is 4.52. The maximum atomic E-state index is 11.1. The number of hydrogen-bond acceptors (Lipinski definition) is 2. The van der Waals surface area contributed by atoms with Crippen molar-refractivity contribution in [3.8, 4) is 0 Å². The zero-order chi connectivity index (χ0) is 10.4. The van der Waals surface area contributed by atoms with Gasteiger partial charge >= 0.3 is 5.97 Å². The number of aromatic nitrogens is 2. The second-order valence-corrected chi connectivity index (χ2v) is 4.52. The van der Waals surface area contributed by atoms with Gasteiger partial charge in [0.1, 0.15) is 11.7 Å². The zero-order valence-corrected chi connectivity index (χ0v) is 8.52. The Morgan fingerprint density at radius 1 is 1.47 bits per heavy atom. The molecule has 1 atom stereocenters. The molecule has 1 aliphatic heterocycles. The summed E-state index contributed by atoms with van der Waals surface area (Å²) in [5, 5.41) is 9.10. The Bertz CT molecular complexity index is 407. The van der Waals surface area contributed by atoms with Crippen molar-refractivity contribution in [2.45, 2.75) is 44.1 Å². The lowest BCUT2D eigenvalue weighted by atomic mass is 9.99. The Morgan fingerprint density at radius 2 is 2.27 bits per heavy atom. The van der Waals surface area contributed by atoms with Crippen molar-refractivity contribution < 1.29 is 9.90 Å². The maximum Gasteiger partial charge on any atom is 0.314 e. The number of aliphatic carboxylic acids is 1. The molecule has 0 bridgehead atoms. The third-order valence-corrected chi connectivity index (χ3v) is 3.32. The highest BCUT2D eigenvalue weighted by molar-refractivity contribution is 5.75. The molecule has 1 fully saturated rings. The standard InChI is InChI=1S/C11H14N2O2/c14-11(15)8-2-1-5-13-6-9(7-3-4-7)12-10(8)13/h6-8H,1-5H2,(H,14,15)/t8-/m1/s1. The molecule has 1 N–H and O–H groups in total. The molecule has 1 aromatic heterocycles. The van der Waals surface area contributed by atoms with E-state index in [0.29, 0.717) is 5.92 Å². The van der Waals surface area contributed by atoms with Crippen molar-refractivity contribution in [2.24, 2.45) is 0 Å². The Balaban J connectivity index is 1.98. The highest BCUT2D eigenvalue weighted by Crippen LogP contribution is 2.40. The van der Waals surface area contributed by atoms with Gasteiger partial charge in [0.15, 0.2) is 0 Å². The number of carbonyl (C=O) groups is 1. The Labute approximate surface area is 87.9 Å². The molecule has 1 aromatic rings. The van der Waals surface area contributed by atoms with E-state index in [2.05, 4.69) is 11.2 Å². The summed E-state index contributed by atoms with van der Waals surface area (Å²) in [5.74, 6) is 0.267. The van der Waals surface area contributed by atoms with Crippen LogP contribution in [0.1, 0.15) is 49.0 Å². The number of aryl methyl sites for hydroxylation is 1. The molecule has 0 radical (unpaired) electrons. The quantitative estimate of drug-likeness (QED) is 0.801. The third-order valence-electron chi connectivity index (χ3n) is 3.32. The molecule has 3 rings (SSSR count). The minimum Gasteiger partial charge on any atom is -0.481 e. The van der Waals surface area contributed by atoms with Gasteiger partial charge in [-0.25, -0.2) is 4.98 Å². The topological polar surface area (TPSA) is 55.1 Å². The SMILES string of the molecule is O=C(O)[C@@H]1CCCn2cc(C3CC3)nc21. The van der Waals surface area contributed by atoms with E-state index in [1.54, 1.807) is 0 Å². The number of hydrogen-bond donors (Lipinski definition) is 1. The molecule has 0 saturated heterocycles. The van der Waals surface area contributed by atoms with Gasteiger partial charge in [0.2, 0.25) is 0 Å². The van der Waals surface area contributed by atoms with E-state index >= 15 is 0 Å². The van der Waals surface area contributed by atoms with Gasteiger partial charge in [-0.15, -0.1) is 0 Å². The smallest absolute Gasteiger partial charge is 0.314 e. The monoisotopic (exact) mass is 206 g/mol. The van der Waals surface area contributed by atoms with Crippen LogP contribution in [-0.2, 0) is 11.3 Å². The fourth-order valence-electron chi connectivity index (χ4n) is 2.31. The van der Waals surface area contributed by atoms with Crippen LogP contribution in [0.5, 0.6) is 0 Å². The van der Waals surface area contributed by atoms with Crippen LogP contribution in [0.15, 0.2) is 6.20 Å². The largest absolute Gasteiger partial charge is 0.481 e. The molecule has 80 valence electrons. The van der Waals surface area contributed by atoms with Crippen LogP contribution in [0.2, 0.25) is 0 Å². The predicted molar refractivity (Wildman–Crippen MR) is 53.8 cm³/mol. The van der Waals surface area contributed by atoms with Gasteiger partial charge in [-0.05, 0) is 25.7 Å². The van der Waals surface area contributed by atoms with Crippen LogP contribution in [0, 0.1) is 0 Å². The van der Waals surface area contributed by atoms with Crippen LogP contribution in [0.25, 0.3) is 0 Å². The van der Waals surface area contributed by atoms with Crippen molar-refractivity contribution in [2.75, 3.05) is 0 Å². The van der Waals surface area contributed by atoms with Crippen molar-refractivity contribution in [1.82, 2.24) is 9.55 Å². The average Bonchev–Trinajstić information content (AvgIpc) is 2.96. The Hall–Kier alpha value is -1.32. The van der Waals surface area contributed by atoms with Crippen molar-refractivity contribution in [3.05, 3.63) is 17.7 Å². The summed E-state index contributed by atoms with van der Waals surface area (Å²) >= 11 is 0. The van der Waals surface area contributed by atoms with E-state index in [4.69, 9.17) is 5.11 Å². The molecular weight excluding hydrogens is 192 g/mol. The highest BCUT2D eigenvalue weighted by atomic mass is 16.4. The number of carboxylic acid groups (broad SMARTS) is 1. The molecular formula is C11H14N2O2. The summed E-state index contributed by atoms with van der Waals surface area (Å²) in [5.41, 5.74) is 1.11. The van der Waals surface area contributed by atoms with Gasteiger partial charge in [0.05, 0.1) is 5.69 Å². The fraction of sp³-hybridized carbons (Fsp3) is 0.636. The maximum absolute atomic E-state index is 11.1. The van der Waals surface area contributed by atoms with E-state index in [9.17, 15) is 4.79 Å². The molecule has 1 aliphatic carbocycles. The normalized spacial score (nSPS) is 24.9. The molecule has 15 heavy (non-hydrogen) atoms. The van der Waals surface area contributed by atoms with Gasteiger partial charge in [0.25, 0.3) is 0 Å². The van der Waals surface area contributed by atoms with Gasteiger partial charge < -0.3 is 9.67 Å². The minimum atomic E-state index is -0.733. The zero-order valence-electron chi connectivity index (χ0n) is 8.52. The Kier molecular flexibility index (Phi) is 1.84. The molecule has 0 aromatic carbocycles. The van der Waals surface area contributed by atoms with Crippen LogP contribution in [-0.4, -0.2) is 20.6 Å². The first-order valence-corrected chi connectivity index (χ1v) is 5.55. The number of imidazole rings is 1. The summed E-state index contributed by atoms with van der Waals surface area (Å²) in [6.07, 6.45) is 6.17. The third kappa shape index (κ3) is 1.44. The van der Waals surface area contributed by atoms with E-state index in [1.165, 1.54) is 12.8 Å². The van der Waals surface area contributed by atoms with Gasteiger partial charge in [0, 0.05) is 18.7 Å². The van der Waals surface area contributed by atoms with E-state index in [1.807, 2.05) is 4.57 Å². The summed E-state index contributed by atoms with van der Waals surface area (Å²) in [6.45, 7) is 0.929.